The molecule has 4 rings (SSSR count). The summed E-state index contributed by atoms with van der Waals surface area (Å²) in [5.74, 6) is 0.337. The van der Waals surface area contributed by atoms with Crippen LogP contribution in [0, 0.1) is 0 Å². The molecule has 1 aliphatic heterocycles. The number of furan rings is 1. The molecule has 1 aromatic carbocycles. The van der Waals surface area contributed by atoms with E-state index < -0.39 is 17.8 Å². The van der Waals surface area contributed by atoms with Crippen LogP contribution in [0.15, 0.2) is 71.0 Å². The maximum Gasteiger partial charge on any atom is 0.331 e. The van der Waals surface area contributed by atoms with Crippen molar-refractivity contribution in [3.05, 3.63) is 83.6 Å². The molecule has 1 aliphatic rings. The van der Waals surface area contributed by atoms with Gasteiger partial charge in [-0.3, -0.25) is 19.8 Å². The Kier molecular flexibility index (Phi) is 6.96. The molecule has 1 unspecified atom stereocenters. The number of nitrogens with zero attached hydrogens (tertiary/aromatic N) is 2. The lowest BCUT2D eigenvalue weighted by Crippen LogP contribution is -2.53. The first-order chi connectivity index (χ1) is 16.5. The second-order valence-corrected chi connectivity index (χ2v) is 8.14. The van der Waals surface area contributed by atoms with E-state index in [1.807, 2.05) is 29.0 Å². The van der Waals surface area contributed by atoms with Gasteiger partial charge in [0.2, 0.25) is 0 Å². The average Bonchev–Trinajstić information content (AvgIpc) is 3.51. The molecule has 176 valence electrons. The number of hydrogen-bond donors (Lipinski definition) is 1. The molecule has 0 spiro atoms. The zero-order chi connectivity index (χ0) is 24.1. The standard InChI is InChI=1S/C26H27N3O5/c1-3-18(2)19-8-10-21(11-9-19)34-15-13-28-12-4-6-20(28)16-23-24(30)27-26(32)29(25(23)31)17-22-7-5-14-33-22/h4-12,14,16,18H,3,13,15,17H2,1-2H3,(H,27,30,32)/b23-16+. The van der Waals surface area contributed by atoms with Crippen LogP contribution in [-0.2, 0) is 22.7 Å². The third-order valence-electron chi connectivity index (χ3n) is 5.90. The molecule has 4 amide bonds. The molecule has 1 N–H and O–H groups in total. The molecule has 0 aliphatic carbocycles. The van der Waals surface area contributed by atoms with Crippen molar-refractivity contribution in [3.8, 4) is 5.75 Å². The summed E-state index contributed by atoms with van der Waals surface area (Å²) < 4.78 is 13.0. The number of benzene rings is 1. The third kappa shape index (κ3) is 5.11. The fourth-order valence-electron chi connectivity index (χ4n) is 3.70. The summed E-state index contributed by atoms with van der Waals surface area (Å²) in [7, 11) is 0. The number of rotatable bonds is 9. The summed E-state index contributed by atoms with van der Waals surface area (Å²) in [5.41, 5.74) is 1.82. The minimum absolute atomic E-state index is 0.0625. The van der Waals surface area contributed by atoms with E-state index in [1.54, 1.807) is 18.2 Å². The first-order valence-corrected chi connectivity index (χ1v) is 11.3. The highest BCUT2D eigenvalue weighted by Gasteiger charge is 2.36. The maximum absolute atomic E-state index is 12.9. The molecule has 1 saturated heterocycles. The number of imide groups is 2. The van der Waals surface area contributed by atoms with Crippen LogP contribution in [0.25, 0.3) is 6.08 Å². The molecule has 3 heterocycles. The van der Waals surface area contributed by atoms with Crippen LogP contribution in [-0.4, -0.2) is 33.9 Å². The van der Waals surface area contributed by atoms with Gasteiger partial charge in [0.05, 0.1) is 19.4 Å². The van der Waals surface area contributed by atoms with E-state index in [0.717, 1.165) is 17.1 Å². The first-order valence-electron chi connectivity index (χ1n) is 11.3. The van der Waals surface area contributed by atoms with E-state index in [-0.39, 0.29) is 12.1 Å². The molecule has 0 radical (unpaired) electrons. The molecule has 0 bridgehead atoms. The summed E-state index contributed by atoms with van der Waals surface area (Å²) in [5, 5.41) is 2.22. The number of ether oxygens (including phenoxy) is 1. The Morgan fingerprint density at radius 3 is 2.59 bits per heavy atom. The zero-order valence-corrected chi connectivity index (χ0v) is 19.2. The fraction of sp³-hybridized carbons (Fsp3) is 0.269. The second kappa shape index (κ2) is 10.2. The highest BCUT2D eigenvalue weighted by atomic mass is 16.5. The Morgan fingerprint density at radius 1 is 1.09 bits per heavy atom. The van der Waals surface area contributed by atoms with Crippen molar-refractivity contribution in [1.29, 1.82) is 0 Å². The first kappa shape index (κ1) is 23.1. The Hall–Kier alpha value is -4.07. The van der Waals surface area contributed by atoms with Crippen LogP contribution in [0.3, 0.4) is 0 Å². The number of hydrogen-bond acceptors (Lipinski definition) is 5. The summed E-state index contributed by atoms with van der Waals surface area (Å²) in [4.78, 5) is 38.4. The van der Waals surface area contributed by atoms with E-state index in [0.29, 0.717) is 30.5 Å². The smallest absolute Gasteiger partial charge is 0.331 e. The highest BCUT2D eigenvalue weighted by molar-refractivity contribution is 6.30. The van der Waals surface area contributed by atoms with Crippen molar-refractivity contribution >= 4 is 23.9 Å². The molecule has 34 heavy (non-hydrogen) atoms. The highest BCUT2D eigenvalue weighted by Crippen LogP contribution is 2.22. The van der Waals surface area contributed by atoms with Crippen LogP contribution in [0.5, 0.6) is 5.75 Å². The lowest BCUT2D eigenvalue weighted by molar-refractivity contribution is -0.130. The monoisotopic (exact) mass is 461 g/mol. The van der Waals surface area contributed by atoms with Gasteiger partial charge in [-0.1, -0.05) is 26.0 Å². The van der Waals surface area contributed by atoms with Crippen LogP contribution >= 0.6 is 0 Å². The Morgan fingerprint density at radius 2 is 1.88 bits per heavy atom. The lowest BCUT2D eigenvalue weighted by Gasteiger charge is -2.25. The van der Waals surface area contributed by atoms with Crippen LogP contribution in [0.4, 0.5) is 4.79 Å². The van der Waals surface area contributed by atoms with Crippen LogP contribution in [0.1, 0.15) is 43.2 Å². The largest absolute Gasteiger partial charge is 0.492 e. The quantitative estimate of drug-likeness (QED) is 0.378. The minimum Gasteiger partial charge on any atom is -0.492 e. The van der Waals surface area contributed by atoms with Gasteiger partial charge in [-0.05, 0) is 60.4 Å². The van der Waals surface area contributed by atoms with E-state index >= 15 is 0 Å². The van der Waals surface area contributed by atoms with Gasteiger partial charge in [-0.15, -0.1) is 0 Å². The SMILES string of the molecule is CCC(C)c1ccc(OCCn2cccc2/C=C2\C(=O)NC(=O)N(Cc3ccco3)C2=O)cc1. The van der Waals surface area contributed by atoms with Gasteiger partial charge in [0.15, 0.2) is 0 Å². The van der Waals surface area contributed by atoms with Crippen molar-refractivity contribution in [2.24, 2.45) is 0 Å². The number of nitrogens with one attached hydrogen (secondary N) is 1. The third-order valence-corrected chi connectivity index (χ3v) is 5.90. The number of barbiturate groups is 1. The summed E-state index contributed by atoms with van der Waals surface area (Å²) >= 11 is 0. The van der Waals surface area contributed by atoms with E-state index in [9.17, 15) is 14.4 Å². The van der Waals surface area contributed by atoms with Crippen LogP contribution in [0.2, 0.25) is 0 Å². The molecule has 8 heteroatoms. The van der Waals surface area contributed by atoms with E-state index in [1.165, 1.54) is 17.9 Å². The zero-order valence-electron chi connectivity index (χ0n) is 19.2. The van der Waals surface area contributed by atoms with Crippen molar-refractivity contribution in [2.45, 2.75) is 39.3 Å². The lowest BCUT2D eigenvalue weighted by atomic mass is 9.99. The van der Waals surface area contributed by atoms with Crippen molar-refractivity contribution < 1.29 is 23.5 Å². The van der Waals surface area contributed by atoms with Gasteiger partial charge >= 0.3 is 6.03 Å². The molecule has 0 saturated carbocycles. The number of aromatic nitrogens is 1. The second-order valence-electron chi connectivity index (χ2n) is 8.14. The maximum atomic E-state index is 12.9. The molecule has 3 aromatic rings. The van der Waals surface area contributed by atoms with Gasteiger partial charge in [-0.25, -0.2) is 4.79 Å². The minimum atomic E-state index is -0.772. The predicted octanol–water partition coefficient (Wildman–Crippen LogP) is 4.34. The van der Waals surface area contributed by atoms with E-state index in [4.69, 9.17) is 9.15 Å². The summed E-state index contributed by atoms with van der Waals surface area (Å²) in [6.07, 6.45) is 5.87. The van der Waals surface area contributed by atoms with Crippen LogP contribution < -0.4 is 10.1 Å². The van der Waals surface area contributed by atoms with Crippen molar-refractivity contribution in [3.63, 3.8) is 0 Å². The molecular formula is C26H27N3O5. The Labute approximate surface area is 197 Å². The molecule has 2 aromatic heterocycles. The topological polar surface area (TPSA) is 93.8 Å². The number of urea groups is 1. The predicted molar refractivity (Wildman–Crippen MR) is 126 cm³/mol. The number of carbonyl (C=O) groups is 3. The summed E-state index contributed by atoms with van der Waals surface area (Å²) in [6, 6.07) is 14.3. The van der Waals surface area contributed by atoms with Gasteiger partial charge in [-0.2, -0.15) is 0 Å². The molecule has 1 fully saturated rings. The Balaban J connectivity index is 1.42. The van der Waals surface area contributed by atoms with Gasteiger partial charge < -0.3 is 13.7 Å². The van der Waals surface area contributed by atoms with Crippen molar-refractivity contribution in [1.82, 2.24) is 14.8 Å². The number of carbonyl (C=O) groups excluding carboxylic acids is 3. The fourth-order valence-corrected chi connectivity index (χ4v) is 3.70. The average molecular weight is 462 g/mol. The summed E-state index contributed by atoms with van der Waals surface area (Å²) in [6.45, 7) is 5.23. The normalized spacial score (nSPS) is 16.1. The van der Waals surface area contributed by atoms with Gasteiger partial charge in [0, 0.05) is 11.9 Å². The molecular weight excluding hydrogens is 434 g/mol. The van der Waals surface area contributed by atoms with Crippen molar-refractivity contribution in [2.75, 3.05) is 6.61 Å². The Bertz CT molecular complexity index is 1190. The molecule has 8 nitrogen and oxygen atoms in total. The van der Waals surface area contributed by atoms with Gasteiger partial charge in [0.1, 0.15) is 23.7 Å². The van der Waals surface area contributed by atoms with Gasteiger partial charge in [0.25, 0.3) is 11.8 Å². The van der Waals surface area contributed by atoms with E-state index in [2.05, 4.69) is 31.3 Å². The molecule has 1 atom stereocenters. The number of amides is 4.